The average molecular weight is 463 g/mol. The molecule has 0 spiro atoms. The first-order valence-electron chi connectivity index (χ1n) is 10.1. The van der Waals surface area contributed by atoms with Gasteiger partial charge in [-0.05, 0) is 35.7 Å². The first-order chi connectivity index (χ1) is 14.6. The van der Waals surface area contributed by atoms with Crippen LogP contribution in [-0.2, 0) is 9.59 Å². The Morgan fingerprint density at radius 1 is 1.07 bits per heavy atom. The smallest absolute Gasteiger partial charge is 0.244 e. The standard InChI is InChI=1S/C25H23BrN2O2/c1-2-20(17-9-5-3-6-10-17)25(30)28-16-23(29)27-22-14-13-19(26)15-21(22)24(28)18-11-7-4-8-12-18/h3-15,20,24H,2,16H2,1H3,(H,27,29)/t20-,24-/m1/s1. The van der Waals surface area contributed by atoms with Crippen molar-refractivity contribution in [3.63, 3.8) is 0 Å². The SMILES string of the molecule is CC[C@@H](C(=O)N1CC(=O)Nc2ccc(Br)cc2[C@H]1c1ccccc1)c1ccccc1. The summed E-state index contributed by atoms with van der Waals surface area (Å²) in [7, 11) is 0. The Labute approximate surface area is 185 Å². The van der Waals surface area contributed by atoms with Gasteiger partial charge in [0, 0.05) is 15.7 Å². The van der Waals surface area contributed by atoms with E-state index in [1.54, 1.807) is 4.90 Å². The summed E-state index contributed by atoms with van der Waals surface area (Å²) < 4.78 is 0.904. The van der Waals surface area contributed by atoms with Crippen LogP contribution in [0.25, 0.3) is 0 Å². The van der Waals surface area contributed by atoms with Gasteiger partial charge in [-0.2, -0.15) is 0 Å². The summed E-state index contributed by atoms with van der Waals surface area (Å²) in [5.74, 6) is -0.535. The third kappa shape index (κ3) is 4.03. The fraction of sp³-hybridized carbons (Fsp3) is 0.200. The molecule has 3 aromatic rings. The lowest BCUT2D eigenvalue weighted by Crippen LogP contribution is -2.41. The number of benzene rings is 3. The highest BCUT2D eigenvalue weighted by Gasteiger charge is 2.36. The molecule has 0 saturated carbocycles. The van der Waals surface area contributed by atoms with Crippen LogP contribution in [0, 0.1) is 0 Å². The second-order valence-electron chi connectivity index (χ2n) is 7.43. The number of anilines is 1. The van der Waals surface area contributed by atoms with Gasteiger partial charge in [0.2, 0.25) is 11.8 Å². The van der Waals surface area contributed by atoms with Crippen molar-refractivity contribution in [3.8, 4) is 0 Å². The molecule has 0 aromatic heterocycles. The summed E-state index contributed by atoms with van der Waals surface area (Å²) >= 11 is 3.55. The second-order valence-corrected chi connectivity index (χ2v) is 8.35. The fourth-order valence-corrected chi connectivity index (χ4v) is 4.49. The number of carbonyl (C=O) groups excluding carboxylic acids is 2. The van der Waals surface area contributed by atoms with Crippen molar-refractivity contribution in [1.82, 2.24) is 4.90 Å². The van der Waals surface area contributed by atoms with Crippen LogP contribution < -0.4 is 5.32 Å². The molecule has 3 aromatic carbocycles. The highest BCUT2D eigenvalue weighted by molar-refractivity contribution is 9.10. The summed E-state index contributed by atoms with van der Waals surface area (Å²) in [5, 5.41) is 2.98. The van der Waals surface area contributed by atoms with E-state index in [0.717, 1.165) is 26.9 Å². The Morgan fingerprint density at radius 3 is 2.40 bits per heavy atom. The topological polar surface area (TPSA) is 49.4 Å². The maximum Gasteiger partial charge on any atom is 0.244 e. The lowest BCUT2D eigenvalue weighted by Gasteiger charge is -2.33. The van der Waals surface area contributed by atoms with Gasteiger partial charge >= 0.3 is 0 Å². The maximum absolute atomic E-state index is 13.8. The Kier molecular flexibility index (Phi) is 6.00. The highest BCUT2D eigenvalue weighted by atomic mass is 79.9. The third-order valence-corrected chi connectivity index (χ3v) is 6.01. The number of fused-ring (bicyclic) bond motifs is 1. The van der Waals surface area contributed by atoms with Crippen molar-refractivity contribution in [1.29, 1.82) is 0 Å². The summed E-state index contributed by atoms with van der Waals surface area (Å²) in [4.78, 5) is 28.3. The summed E-state index contributed by atoms with van der Waals surface area (Å²) in [5.41, 5.74) is 3.58. The molecular weight excluding hydrogens is 440 g/mol. The molecule has 0 bridgehead atoms. The second kappa shape index (κ2) is 8.84. The van der Waals surface area contributed by atoms with Crippen molar-refractivity contribution in [2.45, 2.75) is 25.3 Å². The number of hydrogen-bond acceptors (Lipinski definition) is 2. The molecule has 1 aliphatic rings. The Bertz CT molecular complexity index is 1050. The van der Waals surface area contributed by atoms with Crippen LogP contribution in [0.2, 0.25) is 0 Å². The minimum absolute atomic E-state index is 0.00796. The van der Waals surface area contributed by atoms with Gasteiger partial charge in [0.25, 0.3) is 0 Å². The van der Waals surface area contributed by atoms with Crippen LogP contribution >= 0.6 is 15.9 Å². The number of halogens is 1. The zero-order valence-electron chi connectivity index (χ0n) is 16.7. The van der Waals surface area contributed by atoms with E-state index in [4.69, 9.17) is 0 Å². The van der Waals surface area contributed by atoms with Crippen molar-refractivity contribution in [2.75, 3.05) is 11.9 Å². The van der Waals surface area contributed by atoms with Gasteiger partial charge in [-0.15, -0.1) is 0 Å². The highest BCUT2D eigenvalue weighted by Crippen LogP contribution is 2.39. The quantitative estimate of drug-likeness (QED) is 0.555. The number of hydrogen-bond donors (Lipinski definition) is 1. The molecule has 0 saturated heterocycles. The number of rotatable bonds is 4. The fourth-order valence-electron chi connectivity index (χ4n) is 4.12. The van der Waals surface area contributed by atoms with Gasteiger partial charge in [-0.25, -0.2) is 0 Å². The lowest BCUT2D eigenvalue weighted by molar-refractivity contribution is -0.137. The van der Waals surface area contributed by atoms with Gasteiger partial charge in [-0.3, -0.25) is 9.59 Å². The van der Waals surface area contributed by atoms with E-state index in [1.165, 1.54) is 0 Å². The normalized spacial score (nSPS) is 16.9. The monoisotopic (exact) mass is 462 g/mol. The minimum Gasteiger partial charge on any atom is -0.324 e. The van der Waals surface area contributed by atoms with E-state index >= 15 is 0 Å². The predicted octanol–water partition coefficient (Wildman–Crippen LogP) is 5.51. The molecule has 0 radical (unpaired) electrons. The summed E-state index contributed by atoms with van der Waals surface area (Å²) in [6, 6.07) is 25.1. The van der Waals surface area contributed by atoms with E-state index in [1.807, 2.05) is 85.8 Å². The van der Waals surface area contributed by atoms with Crippen LogP contribution in [0.4, 0.5) is 5.69 Å². The van der Waals surface area contributed by atoms with Crippen molar-refractivity contribution >= 4 is 33.4 Å². The van der Waals surface area contributed by atoms with E-state index in [2.05, 4.69) is 21.2 Å². The van der Waals surface area contributed by atoms with Crippen molar-refractivity contribution < 1.29 is 9.59 Å². The molecule has 1 heterocycles. The zero-order valence-corrected chi connectivity index (χ0v) is 18.3. The molecule has 1 aliphatic heterocycles. The number of nitrogens with zero attached hydrogens (tertiary/aromatic N) is 1. The van der Waals surface area contributed by atoms with Gasteiger partial charge in [-0.1, -0.05) is 83.5 Å². The van der Waals surface area contributed by atoms with Crippen molar-refractivity contribution in [3.05, 3.63) is 100 Å². The minimum atomic E-state index is -0.358. The van der Waals surface area contributed by atoms with Crippen LogP contribution in [0.3, 0.4) is 0 Å². The first-order valence-corrected chi connectivity index (χ1v) is 10.9. The number of carbonyl (C=O) groups is 2. The molecule has 0 aliphatic carbocycles. The molecule has 2 atom stereocenters. The third-order valence-electron chi connectivity index (χ3n) is 5.51. The summed E-state index contributed by atoms with van der Waals surface area (Å²) in [6.45, 7) is 2.02. The molecule has 1 N–H and O–H groups in total. The first kappa shape index (κ1) is 20.4. The largest absolute Gasteiger partial charge is 0.324 e. The molecule has 2 amide bonds. The van der Waals surface area contributed by atoms with Crippen LogP contribution in [0.15, 0.2) is 83.3 Å². The Balaban J connectivity index is 1.85. The van der Waals surface area contributed by atoms with E-state index < -0.39 is 0 Å². The molecule has 0 unspecified atom stereocenters. The molecular formula is C25H23BrN2O2. The Morgan fingerprint density at radius 2 is 1.73 bits per heavy atom. The Hall–Kier alpha value is -2.92. The van der Waals surface area contributed by atoms with Crippen LogP contribution in [-0.4, -0.2) is 23.3 Å². The lowest BCUT2D eigenvalue weighted by atomic mass is 9.91. The number of nitrogens with one attached hydrogen (secondary N) is 1. The number of amides is 2. The zero-order chi connectivity index (χ0) is 21.1. The molecule has 152 valence electrons. The molecule has 4 nitrogen and oxygen atoms in total. The molecule has 30 heavy (non-hydrogen) atoms. The van der Waals surface area contributed by atoms with Gasteiger partial charge < -0.3 is 10.2 Å². The molecule has 0 fully saturated rings. The van der Waals surface area contributed by atoms with Crippen LogP contribution in [0.5, 0.6) is 0 Å². The van der Waals surface area contributed by atoms with Gasteiger partial charge in [0.15, 0.2) is 0 Å². The van der Waals surface area contributed by atoms with Gasteiger partial charge in [0.05, 0.1) is 12.0 Å². The van der Waals surface area contributed by atoms with Crippen molar-refractivity contribution in [2.24, 2.45) is 0 Å². The molecule has 4 rings (SSSR count). The maximum atomic E-state index is 13.8. The van der Waals surface area contributed by atoms with Gasteiger partial charge in [0.1, 0.15) is 6.54 Å². The average Bonchev–Trinajstić information content (AvgIpc) is 2.91. The van der Waals surface area contributed by atoms with E-state index in [0.29, 0.717) is 6.42 Å². The van der Waals surface area contributed by atoms with Crippen LogP contribution in [0.1, 0.15) is 42.0 Å². The van der Waals surface area contributed by atoms with E-state index in [-0.39, 0.29) is 30.3 Å². The molecule has 5 heteroatoms. The van der Waals surface area contributed by atoms with E-state index in [9.17, 15) is 9.59 Å². The predicted molar refractivity (Wildman–Crippen MR) is 122 cm³/mol. The summed E-state index contributed by atoms with van der Waals surface area (Å²) in [6.07, 6.45) is 0.661.